The lowest BCUT2D eigenvalue weighted by Crippen LogP contribution is -2.15. The van der Waals surface area contributed by atoms with Crippen molar-refractivity contribution in [3.63, 3.8) is 0 Å². The SMILES string of the molecule is O=C(Nc1cc(F)ccc1F)c1n[nH]c(C2CC2)n1. The zero-order valence-corrected chi connectivity index (χ0v) is 9.78. The van der Waals surface area contributed by atoms with Crippen molar-refractivity contribution in [2.24, 2.45) is 0 Å². The van der Waals surface area contributed by atoms with E-state index in [0.717, 1.165) is 31.0 Å². The molecule has 98 valence electrons. The highest BCUT2D eigenvalue weighted by molar-refractivity contribution is 6.01. The van der Waals surface area contributed by atoms with E-state index in [1.54, 1.807) is 0 Å². The molecule has 0 radical (unpaired) electrons. The average Bonchev–Trinajstić information content (AvgIpc) is 3.11. The van der Waals surface area contributed by atoms with Gasteiger partial charge in [0.15, 0.2) is 0 Å². The number of hydrogen-bond donors (Lipinski definition) is 2. The first-order valence-electron chi connectivity index (χ1n) is 5.82. The van der Waals surface area contributed by atoms with Crippen LogP contribution in [0.15, 0.2) is 18.2 Å². The standard InChI is InChI=1S/C12H10F2N4O/c13-7-3-4-8(14)9(5-7)15-12(19)11-16-10(17-18-11)6-1-2-6/h3-6H,1-2H2,(H,15,19)(H,16,17,18). The van der Waals surface area contributed by atoms with Crippen molar-refractivity contribution < 1.29 is 13.6 Å². The number of anilines is 1. The second kappa shape index (κ2) is 4.42. The normalized spacial score (nSPS) is 14.4. The molecule has 0 atom stereocenters. The molecule has 1 aliphatic carbocycles. The van der Waals surface area contributed by atoms with Crippen molar-refractivity contribution in [3.05, 3.63) is 41.5 Å². The maximum absolute atomic E-state index is 13.4. The second-order valence-electron chi connectivity index (χ2n) is 4.40. The predicted molar refractivity (Wildman–Crippen MR) is 62.7 cm³/mol. The molecule has 5 nitrogen and oxygen atoms in total. The molecule has 1 aromatic heterocycles. The van der Waals surface area contributed by atoms with Crippen LogP contribution in [0.2, 0.25) is 0 Å². The molecule has 1 aromatic carbocycles. The monoisotopic (exact) mass is 264 g/mol. The Morgan fingerprint density at radius 3 is 2.89 bits per heavy atom. The zero-order valence-electron chi connectivity index (χ0n) is 9.78. The van der Waals surface area contributed by atoms with Gasteiger partial charge in [-0.05, 0) is 25.0 Å². The van der Waals surface area contributed by atoms with Gasteiger partial charge in [-0.2, -0.15) is 0 Å². The summed E-state index contributed by atoms with van der Waals surface area (Å²) in [5.74, 6) is -1.11. The van der Waals surface area contributed by atoms with Crippen LogP contribution in [0.1, 0.15) is 35.2 Å². The number of amides is 1. The highest BCUT2D eigenvalue weighted by Gasteiger charge is 2.28. The van der Waals surface area contributed by atoms with E-state index in [9.17, 15) is 13.6 Å². The number of benzene rings is 1. The molecule has 1 saturated carbocycles. The van der Waals surface area contributed by atoms with Crippen LogP contribution in [0.25, 0.3) is 0 Å². The number of carbonyl (C=O) groups is 1. The first-order chi connectivity index (χ1) is 9.13. The minimum absolute atomic E-state index is 0.0782. The Morgan fingerprint density at radius 1 is 1.37 bits per heavy atom. The largest absolute Gasteiger partial charge is 0.317 e. The topological polar surface area (TPSA) is 70.7 Å². The van der Waals surface area contributed by atoms with E-state index in [2.05, 4.69) is 20.5 Å². The van der Waals surface area contributed by atoms with Gasteiger partial charge >= 0.3 is 0 Å². The fourth-order valence-corrected chi connectivity index (χ4v) is 1.69. The number of aromatic nitrogens is 3. The van der Waals surface area contributed by atoms with Crippen LogP contribution < -0.4 is 5.32 Å². The highest BCUT2D eigenvalue weighted by atomic mass is 19.1. The summed E-state index contributed by atoms with van der Waals surface area (Å²) in [6.45, 7) is 0. The zero-order chi connectivity index (χ0) is 13.4. The van der Waals surface area contributed by atoms with E-state index in [-0.39, 0.29) is 11.5 Å². The second-order valence-corrected chi connectivity index (χ2v) is 4.40. The number of rotatable bonds is 3. The first-order valence-corrected chi connectivity index (χ1v) is 5.82. The number of H-pyrrole nitrogens is 1. The molecule has 0 spiro atoms. The van der Waals surface area contributed by atoms with E-state index in [1.165, 1.54) is 0 Å². The third kappa shape index (κ3) is 2.44. The molecule has 3 rings (SSSR count). The molecule has 1 aliphatic rings. The van der Waals surface area contributed by atoms with E-state index < -0.39 is 17.5 Å². The quantitative estimate of drug-likeness (QED) is 0.892. The van der Waals surface area contributed by atoms with Gasteiger partial charge in [0.05, 0.1) is 5.69 Å². The molecule has 0 saturated heterocycles. The summed E-state index contributed by atoms with van der Waals surface area (Å²) in [6, 6.07) is 2.82. The van der Waals surface area contributed by atoms with Crippen molar-refractivity contribution >= 4 is 11.6 Å². The lowest BCUT2D eigenvalue weighted by molar-refractivity contribution is 0.101. The number of nitrogens with zero attached hydrogens (tertiary/aromatic N) is 2. The van der Waals surface area contributed by atoms with Gasteiger partial charge in [0.25, 0.3) is 5.91 Å². The molecule has 2 aromatic rings. The van der Waals surface area contributed by atoms with E-state index in [1.807, 2.05) is 0 Å². The minimum Gasteiger partial charge on any atom is -0.317 e. The van der Waals surface area contributed by atoms with Gasteiger partial charge < -0.3 is 5.32 Å². The van der Waals surface area contributed by atoms with Crippen LogP contribution in [0, 0.1) is 11.6 Å². The average molecular weight is 264 g/mol. The molecular formula is C12H10F2N4O. The van der Waals surface area contributed by atoms with Gasteiger partial charge in [-0.15, -0.1) is 5.10 Å². The van der Waals surface area contributed by atoms with Gasteiger partial charge in [-0.3, -0.25) is 9.89 Å². The molecule has 2 N–H and O–H groups in total. The van der Waals surface area contributed by atoms with E-state index in [4.69, 9.17) is 0 Å². The Hall–Kier alpha value is -2.31. The molecule has 1 fully saturated rings. The maximum Gasteiger partial charge on any atom is 0.295 e. The van der Waals surface area contributed by atoms with Gasteiger partial charge in [0.1, 0.15) is 17.5 Å². The number of halogens is 2. The smallest absolute Gasteiger partial charge is 0.295 e. The molecule has 7 heteroatoms. The van der Waals surface area contributed by atoms with Crippen LogP contribution in [0.4, 0.5) is 14.5 Å². The van der Waals surface area contributed by atoms with Crippen LogP contribution in [0.3, 0.4) is 0 Å². The van der Waals surface area contributed by atoms with Crippen molar-refractivity contribution in [3.8, 4) is 0 Å². The fourth-order valence-electron chi connectivity index (χ4n) is 1.69. The van der Waals surface area contributed by atoms with Crippen molar-refractivity contribution in [1.29, 1.82) is 0 Å². The summed E-state index contributed by atoms with van der Waals surface area (Å²) >= 11 is 0. The van der Waals surface area contributed by atoms with Crippen LogP contribution >= 0.6 is 0 Å². The van der Waals surface area contributed by atoms with Crippen molar-refractivity contribution in [2.45, 2.75) is 18.8 Å². The Kier molecular flexibility index (Phi) is 2.73. The highest BCUT2D eigenvalue weighted by Crippen LogP contribution is 2.37. The Labute approximate surface area is 107 Å². The Morgan fingerprint density at radius 2 is 2.16 bits per heavy atom. The van der Waals surface area contributed by atoms with Crippen LogP contribution in [0.5, 0.6) is 0 Å². The third-order valence-corrected chi connectivity index (χ3v) is 2.85. The number of hydrogen-bond acceptors (Lipinski definition) is 3. The summed E-state index contributed by atoms with van der Waals surface area (Å²) in [5, 5.41) is 8.67. The molecule has 1 heterocycles. The molecule has 0 unspecified atom stereocenters. The van der Waals surface area contributed by atoms with Crippen LogP contribution in [-0.2, 0) is 0 Å². The van der Waals surface area contributed by atoms with Gasteiger partial charge in [-0.1, -0.05) is 0 Å². The fraction of sp³-hybridized carbons (Fsp3) is 0.250. The van der Waals surface area contributed by atoms with Crippen molar-refractivity contribution in [2.75, 3.05) is 5.32 Å². The summed E-state index contributed by atoms with van der Waals surface area (Å²) in [4.78, 5) is 15.8. The number of aromatic amines is 1. The molecule has 0 aliphatic heterocycles. The van der Waals surface area contributed by atoms with E-state index in [0.29, 0.717) is 11.7 Å². The predicted octanol–water partition coefficient (Wildman–Crippen LogP) is 2.21. The molecule has 1 amide bonds. The lowest BCUT2D eigenvalue weighted by atomic mass is 10.3. The van der Waals surface area contributed by atoms with Gasteiger partial charge in [0.2, 0.25) is 5.82 Å². The van der Waals surface area contributed by atoms with Crippen molar-refractivity contribution in [1.82, 2.24) is 15.2 Å². The third-order valence-electron chi connectivity index (χ3n) is 2.85. The maximum atomic E-state index is 13.4. The summed E-state index contributed by atoms with van der Waals surface area (Å²) in [6.07, 6.45) is 2.05. The Balaban J connectivity index is 1.77. The lowest BCUT2D eigenvalue weighted by Gasteiger charge is -2.03. The summed E-state index contributed by atoms with van der Waals surface area (Å²) in [5.41, 5.74) is -0.234. The van der Waals surface area contributed by atoms with E-state index >= 15 is 0 Å². The molecule has 0 bridgehead atoms. The van der Waals surface area contributed by atoms with Crippen LogP contribution in [-0.4, -0.2) is 21.1 Å². The Bertz CT molecular complexity index is 636. The summed E-state index contributed by atoms with van der Waals surface area (Å²) in [7, 11) is 0. The minimum atomic E-state index is -0.715. The first kappa shape index (κ1) is 11.8. The number of carbonyl (C=O) groups excluding carboxylic acids is 1. The van der Waals surface area contributed by atoms with Gasteiger partial charge in [-0.25, -0.2) is 13.8 Å². The summed E-state index contributed by atoms with van der Waals surface area (Å²) < 4.78 is 26.3. The van der Waals surface area contributed by atoms with Gasteiger partial charge in [0, 0.05) is 12.0 Å². The number of nitrogens with one attached hydrogen (secondary N) is 2. The molecular weight excluding hydrogens is 254 g/mol. The molecule has 19 heavy (non-hydrogen) atoms.